The largest absolute Gasteiger partial charge is 0.490 e. The van der Waals surface area contributed by atoms with Crippen molar-refractivity contribution in [1.29, 1.82) is 0 Å². The molecule has 0 radical (unpaired) electrons. The Balaban J connectivity index is 2.38. The van der Waals surface area contributed by atoms with Crippen LogP contribution in [0.4, 0.5) is 0 Å². The van der Waals surface area contributed by atoms with Crippen LogP contribution in [0.15, 0.2) is 12.1 Å². The smallest absolute Gasteiger partial charge is 0.203 e. The number of rotatable bonds is 7. The summed E-state index contributed by atoms with van der Waals surface area (Å²) in [5, 5.41) is 3.51. The molecule has 0 bridgehead atoms. The maximum atomic E-state index is 5.74. The first-order valence-electron chi connectivity index (χ1n) is 7.59. The van der Waals surface area contributed by atoms with Crippen LogP contribution in [0.2, 0.25) is 0 Å². The Kier molecular flexibility index (Phi) is 5.53. The lowest BCUT2D eigenvalue weighted by molar-refractivity contribution is 0.260. The zero-order valence-corrected chi connectivity index (χ0v) is 12.7. The van der Waals surface area contributed by atoms with Crippen LogP contribution in [0.5, 0.6) is 17.2 Å². The van der Waals surface area contributed by atoms with Gasteiger partial charge in [-0.05, 0) is 57.9 Å². The first-order chi connectivity index (χ1) is 9.80. The van der Waals surface area contributed by atoms with Gasteiger partial charge in [0.2, 0.25) is 5.75 Å². The average molecular weight is 279 g/mol. The summed E-state index contributed by atoms with van der Waals surface area (Å²) >= 11 is 0. The van der Waals surface area contributed by atoms with Crippen LogP contribution in [0.3, 0.4) is 0 Å². The van der Waals surface area contributed by atoms with Crippen molar-refractivity contribution >= 4 is 0 Å². The highest BCUT2D eigenvalue weighted by atomic mass is 16.5. The SMILES string of the molecule is CCOc1cc(C2CCCN2)cc(OCC)c1OCC. The minimum atomic E-state index is 0.393. The van der Waals surface area contributed by atoms with Gasteiger partial charge in [0, 0.05) is 6.04 Å². The molecule has 1 aliphatic rings. The van der Waals surface area contributed by atoms with Gasteiger partial charge >= 0.3 is 0 Å². The van der Waals surface area contributed by atoms with Gasteiger partial charge < -0.3 is 19.5 Å². The average Bonchev–Trinajstić information content (AvgIpc) is 2.96. The Labute approximate surface area is 121 Å². The normalized spacial score (nSPS) is 18.1. The highest BCUT2D eigenvalue weighted by Crippen LogP contribution is 2.41. The Morgan fingerprint density at radius 2 is 1.60 bits per heavy atom. The molecular formula is C16H25NO3. The number of benzene rings is 1. The monoisotopic (exact) mass is 279 g/mol. The second-order valence-electron chi connectivity index (χ2n) is 4.79. The van der Waals surface area contributed by atoms with Crippen molar-refractivity contribution in [3.63, 3.8) is 0 Å². The van der Waals surface area contributed by atoms with E-state index in [2.05, 4.69) is 17.4 Å². The van der Waals surface area contributed by atoms with Crippen LogP contribution in [-0.2, 0) is 0 Å². The second-order valence-corrected chi connectivity index (χ2v) is 4.79. The molecule has 0 spiro atoms. The van der Waals surface area contributed by atoms with Crippen LogP contribution < -0.4 is 19.5 Å². The number of hydrogen-bond donors (Lipinski definition) is 1. The molecule has 20 heavy (non-hydrogen) atoms. The van der Waals surface area contributed by atoms with Crippen LogP contribution >= 0.6 is 0 Å². The van der Waals surface area contributed by atoms with Crippen LogP contribution in [0, 0.1) is 0 Å². The summed E-state index contributed by atoms with van der Waals surface area (Å²) in [5.74, 6) is 2.28. The van der Waals surface area contributed by atoms with Gasteiger partial charge in [-0.2, -0.15) is 0 Å². The van der Waals surface area contributed by atoms with E-state index in [1.165, 1.54) is 12.0 Å². The summed E-state index contributed by atoms with van der Waals surface area (Å²) in [5.41, 5.74) is 1.22. The Bertz CT molecular complexity index is 401. The van der Waals surface area contributed by atoms with Crippen molar-refractivity contribution in [2.24, 2.45) is 0 Å². The predicted molar refractivity (Wildman–Crippen MR) is 79.9 cm³/mol. The van der Waals surface area contributed by atoms with Crippen molar-refractivity contribution in [1.82, 2.24) is 5.32 Å². The summed E-state index contributed by atoms with van der Waals surface area (Å²) in [6.45, 7) is 8.85. The lowest BCUT2D eigenvalue weighted by atomic mass is 10.0. The third-order valence-electron chi connectivity index (χ3n) is 3.39. The standard InChI is InChI=1S/C16H25NO3/c1-4-18-14-10-12(13-8-7-9-17-13)11-15(19-5-2)16(14)20-6-3/h10-11,13,17H,4-9H2,1-3H3. The number of ether oxygens (including phenoxy) is 3. The zero-order chi connectivity index (χ0) is 14.4. The van der Waals surface area contributed by atoms with Gasteiger partial charge in [-0.1, -0.05) is 0 Å². The molecule has 2 rings (SSSR count). The van der Waals surface area contributed by atoms with E-state index in [9.17, 15) is 0 Å². The van der Waals surface area contributed by atoms with Crippen molar-refractivity contribution in [2.45, 2.75) is 39.7 Å². The highest BCUT2D eigenvalue weighted by Gasteiger charge is 2.21. The van der Waals surface area contributed by atoms with E-state index in [0.717, 1.165) is 30.2 Å². The lowest BCUT2D eigenvalue weighted by Gasteiger charge is -2.19. The Morgan fingerprint density at radius 1 is 1.00 bits per heavy atom. The minimum Gasteiger partial charge on any atom is -0.490 e. The van der Waals surface area contributed by atoms with Gasteiger partial charge in [0.1, 0.15) is 0 Å². The molecule has 1 saturated heterocycles. The van der Waals surface area contributed by atoms with E-state index in [0.29, 0.717) is 25.9 Å². The molecule has 4 nitrogen and oxygen atoms in total. The molecule has 0 amide bonds. The van der Waals surface area contributed by atoms with Gasteiger partial charge in [-0.3, -0.25) is 0 Å². The summed E-state index contributed by atoms with van der Waals surface area (Å²) in [7, 11) is 0. The third kappa shape index (κ3) is 3.37. The topological polar surface area (TPSA) is 39.7 Å². The molecule has 1 aliphatic heterocycles. The maximum absolute atomic E-state index is 5.74. The fourth-order valence-electron chi connectivity index (χ4n) is 2.58. The summed E-state index contributed by atoms with van der Waals surface area (Å²) in [6.07, 6.45) is 2.37. The molecular weight excluding hydrogens is 254 g/mol. The molecule has 0 saturated carbocycles. The molecule has 112 valence electrons. The Hall–Kier alpha value is -1.42. The molecule has 0 aliphatic carbocycles. The molecule has 1 aromatic carbocycles. The van der Waals surface area contributed by atoms with Crippen LogP contribution in [0.1, 0.15) is 45.2 Å². The van der Waals surface area contributed by atoms with E-state index >= 15 is 0 Å². The van der Waals surface area contributed by atoms with E-state index in [4.69, 9.17) is 14.2 Å². The van der Waals surface area contributed by atoms with Crippen LogP contribution in [-0.4, -0.2) is 26.4 Å². The molecule has 4 heteroatoms. The fraction of sp³-hybridized carbons (Fsp3) is 0.625. The number of hydrogen-bond acceptors (Lipinski definition) is 4. The molecule has 1 heterocycles. The Morgan fingerprint density at radius 3 is 2.05 bits per heavy atom. The molecule has 0 aromatic heterocycles. The van der Waals surface area contributed by atoms with E-state index in [-0.39, 0.29) is 0 Å². The number of nitrogens with one attached hydrogen (secondary N) is 1. The molecule has 1 atom stereocenters. The molecule has 1 aromatic rings. The van der Waals surface area contributed by atoms with Crippen molar-refractivity contribution in [2.75, 3.05) is 26.4 Å². The van der Waals surface area contributed by atoms with Gasteiger partial charge in [0.15, 0.2) is 11.5 Å². The zero-order valence-electron chi connectivity index (χ0n) is 12.7. The van der Waals surface area contributed by atoms with Gasteiger partial charge in [0.05, 0.1) is 19.8 Å². The molecule has 1 N–H and O–H groups in total. The first-order valence-corrected chi connectivity index (χ1v) is 7.59. The van der Waals surface area contributed by atoms with Crippen LogP contribution in [0.25, 0.3) is 0 Å². The fourth-order valence-corrected chi connectivity index (χ4v) is 2.58. The van der Waals surface area contributed by atoms with Crippen molar-refractivity contribution in [3.05, 3.63) is 17.7 Å². The predicted octanol–water partition coefficient (Wildman–Crippen LogP) is 3.31. The van der Waals surface area contributed by atoms with Gasteiger partial charge in [-0.15, -0.1) is 0 Å². The lowest BCUT2D eigenvalue weighted by Crippen LogP contribution is -2.13. The molecule has 1 unspecified atom stereocenters. The van der Waals surface area contributed by atoms with Crippen molar-refractivity contribution < 1.29 is 14.2 Å². The van der Waals surface area contributed by atoms with Gasteiger partial charge in [0.25, 0.3) is 0 Å². The highest BCUT2D eigenvalue weighted by molar-refractivity contribution is 5.54. The summed E-state index contributed by atoms with van der Waals surface area (Å²) < 4.78 is 17.2. The minimum absolute atomic E-state index is 0.393. The van der Waals surface area contributed by atoms with E-state index < -0.39 is 0 Å². The maximum Gasteiger partial charge on any atom is 0.203 e. The van der Waals surface area contributed by atoms with E-state index in [1.807, 2.05) is 20.8 Å². The first kappa shape index (κ1) is 15.0. The third-order valence-corrected chi connectivity index (χ3v) is 3.39. The quantitative estimate of drug-likeness (QED) is 0.831. The summed E-state index contributed by atoms with van der Waals surface area (Å²) in [6, 6.07) is 4.56. The van der Waals surface area contributed by atoms with Gasteiger partial charge in [-0.25, -0.2) is 0 Å². The second kappa shape index (κ2) is 7.39. The van der Waals surface area contributed by atoms with Crippen molar-refractivity contribution in [3.8, 4) is 17.2 Å². The van der Waals surface area contributed by atoms with E-state index in [1.54, 1.807) is 0 Å². The molecule has 1 fully saturated rings. The summed E-state index contributed by atoms with van der Waals surface area (Å²) in [4.78, 5) is 0.